The number of rotatable bonds is 2. The molecule has 1 aliphatic rings. The molecule has 0 saturated heterocycles. The van der Waals surface area contributed by atoms with Gasteiger partial charge >= 0.3 is 0 Å². The average Bonchev–Trinajstić information content (AvgIpc) is 2.32. The molecule has 3 nitrogen and oxygen atoms in total. The molecule has 0 N–H and O–H groups in total. The second kappa shape index (κ2) is 5.00. The summed E-state index contributed by atoms with van der Waals surface area (Å²) < 4.78 is 0. The van der Waals surface area contributed by atoms with E-state index in [2.05, 4.69) is 0 Å². The Morgan fingerprint density at radius 1 is 1.31 bits per heavy atom. The summed E-state index contributed by atoms with van der Waals surface area (Å²) in [6.07, 6.45) is 9.14. The van der Waals surface area contributed by atoms with Gasteiger partial charge < -0.3 is 0 Å². The van der Waals surface area contributed by atoms with Gasteiger partial charge in [0.25, 0.3) is 0 Å². The van der Waals surface area contributed by atoms with Gasteiger partial charge in [-0.25, -0.2) is 0 Å². The zero-order valence-electron chi connectivity index (χ0n) is 8.16. The molecular formula is C10H17NO2. The van der Waals surface area contributed by atoms with Crippen molar-refractivity contribution in [3.05, 3.63) is 21.9 Å². The lowest BCUT2D eigenvalue weighted by atomic mass is 9.99. The number of hydrogen-bond acceptors (Lipinski definition) is 2. The third kappa shape index (κ3) is 3.57. The molecule has 0 aromatic carbocycles. The average molecular weight is 183 g/mol. The van der Waals surface area contributed by atoms with Crippen molar-refractivity contribution < 1.29 is 4.92 Å². The first-order chi connectivity index (χ1) is 6.20. The first-order valence-electron chi connectivity index (χ1n) is 5.03. The number of hydrogen-bond donors (Lipinski definition) is 0. The van der Waals surface area contributed by atoms with Gasteiger partial charge in [-0.05, 0) is 24.8 Å². The minimum Gasteiger partial charge on any atom is -0.259 e. The van der Waals surface area contributed by atoms with Crippen LogP contribution in [0.1, 0.15) is 45.4 Å². The largest absolute Gasteiger partial charge is 0.259 e. The molecule has 1 saturated carbocycles. The lowest BCUT2D eigenvalue weighted by molar-refractivity contribution is -0.424. The van der Waals surface area contributed by atoms with E-state index in [4.69, 9.17) is 0 Å². The van der Waals surface area contributed by atoms with Crippen molar-refractivity contribution in [2.24, 2.45) is 5.92 Å². The van der Waals surface area contributed by atoms with Crippen molar-refractivity contribution in [3.8, 4) is 0 Å². The monoisotopic (exact) mass is 183 g/mol. The van der Waals surface area contributed by atoms with Crippen LogP contribution in [0.25, 0.3) is 0 Å². The molecule has 0 heterocycles. The highest BCUT2D eigenvalue weighted by molar-refractivity contribution is 4.93. The van der Waals surface area contributed by atoms with Crippen molar-refractivity contribution in [2.75, 3.05) is 0 Å². The van der Waals surface area contributed by atoms with Gasteiger partial charge in [-0.3, -0.25) is 10.1 Å². The third-order valence-corrected chi connectivity index (χ3v) is 2.66. The van der Waals surface area contributed by atoms with E-state index in [-0.39, 0.29) is 4.92 Å². The van der Waals surface area contributed by atoms with Crippen LogP contribution in [0.4, 0.5) is 0 Å². The molecule has 0 aromatic rings. The predicted octanol–water partition coefficient (Wildman–Crippen LogP) is 3.14. The highest BCUT2D eigenvalue weighted by Gasteiger charge is 2.13. The van der Waals surface area contributed by atoms with Crippen LogP contribution in [0.15, 0.2) is 11.8 Å². The number of nitro groups is 1. The van der Waals surface area contributed by atoms with E-state index in [1.165, 1.54) is 25.7 Å². The summed E-state index contributed by atoms with van der Waals surface area (Å²) in [4.78, 5) is 10.1. The zero-order chi connectivity index (χ0) is 9.68. The van der Waals surface area contributed by atoms with Gasteiger partial charge in [-0.2, -0.15) is 0 Å². The van der Waals surface area contributed by atoms with E-state index in [1.807, 2.05) is 6.08 Å². The third-order valence-electron chi connectivity index (χ3n) is 2.66. The van der Waals surface area contributed by atoms with Crippen LogP contribution in [0, 0.1) is 16.0 Å². The highest BCUT2D eigenvalue weighted by atomic mass is 16.6. The van der Waals surface area contributed by atoms with Crippen molar-refractivity contribution in [1.82, 2.24) is 0 Å². The van der Waals surface area contributed by atoms with E-state index in [1.54, 1.807) is 6.92 Å². The van der Waals surface area contributed by atoms with Crippen LogP contribution in [-0.2, 0) is 0 Å². The second-order valence-corrected chi connectivity index (χ2v) is 3.82. The fraction of sp³-hybridized carbons (Fsp3) is 0.800. The van der Waals surface area contributed by atoms with Crippen LogP contribution < -0.4 is 0 Å². The van der Waals surface area contributed by atoms with E-state index >= 15 is 0 Å². The molecule has 74 valence electrons. The van der Waals surface area contributed by atoms with Crippen LogP contribution in [0.3, 0.4) is 0 Å². The van der Waals surface area contributed by atoms with Crippen molar-refractivity contribution >= 4 is 0 Å². The van der Waals surface area contributed by atoms with Gasteiger partial charge in [0.15, 0.2) is 0 Å². The second-order valence-electron chi connectivity index (χ2n) is 3.82. The minimum absolute atomic E-state index is 0.287. The number of allylic oxidation sites excluding steroid dienone is 2. The van der Waals surface area contributed by atoms with Gasteiger partial charge in [0.05, 0.1) is 4.92 Å². The molecule has 13 heavy (non-hydrogen) atoms. The van der Waals surface area contributed by atoms with Crippen molar-refractivity contribution in [3.63, 3.8) is 0 Å². The van der Waals surface area contributed by atoms with E-state index in [0.717, 1.165) is 12.8 Å². The Labute approximate surface area is 79.0 Å². The summed E-state index contributed by atoms with van der Waals surface area (Å²) in [6, 6.07) is 0. The molecule has 0 atom stereocenters. The maximum absolute atomic E-state index is 10.4. The molecular weight excluding hydrogens is 166 g/mol. The molecule has 0 aromatic heterocycles. The summed E-state index contributed by atoms with van der Waals surface area (Å²) in [5, 5.41) is 10.4. The fourth-order valence-electron chi connectivity index (χ4n) is 1.88. The molecule has 3 heteroatoms. The molecule has 0 radical (unpaired) electrons. The summed E-state index contributed by atoms with van der Waals surface area (Å²) in [5.74, 6) is 0.452. The molecule has 1 fully saturated rings. The quantitative estimate of drug-likeness (QED) is 0.375. The van der Waals surface area contributed by atoms with Crippen LogP contribution in [0.5, 0.6) is 0 Å². The molecule has 0 spiro atoms. The smallest absolute Gasteiger partial charge is 0.239 e. The summed E-state index contributed by atoms with van der Waals surface area (Å²) in [6.45, 7) is 1.59. The van der Waals surface area contributed by atoms with Gasteiger partial charge in [0.1, 0.15) is 0 Å². The maximum Gasteiger partial charge on any atom is 0.239 e. The minimum atomic E-state index is -0.287. The van der Waals surface area contributed by atoms with E-state index < -0.39 is 0 Å². The van der Waals surface area contributed by atoms with Crippen molar-refractivity contribution in [1.29, 1.82) is 0 Å². The van der Waals surface area contributed by atoms with Crippen LogP contribution in [0.2, 0.25) is 0 Å². The highest BCUT2D eigenvalue weighted by Crippen LogP contribution is 2.24. The Bertz CT molecular complexity index is 203. The summed E-state index contributed by atoms with van der Waals surface area (Å²) in [5.41, 5.74) is 0.312. The van der Waals surface area contributed by atoms with E-state index in [9.17, 15) is 10.1 Å². The Morgan fingerprint density at radius 3 is 2.31 bits per heavy atom. The first-order valence-corrected chi connectivity index (χ1v) is 5.03. The Balaban J connectivity index is 2.50. The summed E-state index contributed by atoms with van der Waals surface area (Å²) >= 11 is 0. The van der Waals surface area contributed by atoms with Gasteiger partial charge in [0, 0.05) is 6.92 Å². The predicted molar refractivity (Wildman–Crippen MR) is 51.9 cm³/mol. The standard InChI is InChI=1S/C10H17NO2/c1-9(11(12)13)8-10-6-4-2-3-5-7-10/h8,10H,2-7H2,1H3. The van der Waals surface area contributed by atoms with Crippen LogP contribution >= 0.6 is 0 Å². The van der Waals surface area contributed by atoms with Gasteiger partial charge in [-0.1, -0.05) is 25.7 Å². The molecule has 0 aliphatic heterocycles. The zero-order valence-corrected chi connectivity index (χ0v) is 8.16. The Morgan fingerprint density at radius 2 is 1.85 bits per heavy atom. The fourth-order valence-corrected chi connectivity index (χ4v) is 1.88. The molecule has 1 rings (SSSR count). The van der Waals surface area contributed by atoms with Gasteiger partial charge in [-0.15, -0.1) is 0 Å². The topological polar surface area (TPSA) is 43.1 Å². The Hall–Kier alpha value is -0.860. The molecule has 0 unspecified atom stereocenters. The lowest BCUT2D eigenvalue weighted by Crippen LogP contribution is -2.00. The number of nitrogens with zero attached hydrogens (tertiary/aromatic N) is 1. The lowest BCUT2D eigenvalue weighted by Gasteiger charge is -2.06. The molecule has 1 aliphatic carbocycles. The van der Waals surface area contributed by atoms with E-state index in [0.29, 0.717) is 11.6 Å². The maximum atomic E-state index is 10.4. The van der Waals surface area contributed by atoms with Crippen LogP contribution in [-0.4, -0.2) is 4.92 Å². The van der Waals surface area contributed by atoms with Gasteiger partial charge in [0.2, 0.25) is 5.70 Å². The normalized spacial score (nSPS) is 21.2. The van der Waals surface area contributed by atoms with Crippen molar-refractivity contribution in [2.45, 2.75) is 45.4 Å². The molecule has 0 amide bonds. The Kier molecular flexibility index (Phi) is 3.93. The SMILES string of the molecule is CC(=CC1CCCCCC1)[N+](=O)[O-]. The summed E-state index contributed by atoms with van der Waals surface area (Å²) in [7, 11) is 0. The molecule has 0 bridgehead atoms. The first kappa shape index (κ1) is 10.2.